The van der Waals surface area contributed by atoms with Crippen molar-refractivity contribution in [1.82, 2.24) is 9.80 Å². The van der Waals surface area contributed by atoms with Gasteiger partial charge in [-0.25, -0.2) is 0 Å². The lowest BCUT2D eigenvalue weighted by molar-refractivity contribution is -0.143. The van der Waals surface area contributed by atoms with Crippen molar-refractivity contribution >= 4 is 28.9 Å². The number of benzene rings is 1. The lowest BCUT2D eigenvalue weighted by Crippen LogP contribution is -2.45. The molecule has 0 spiro atoms. The van der Waals surface area contributed by atoms with Crippen LogP contribution in [-0.4, -0.2) is 52.0 Å². The highest BCUT2D eigenvalue weighted by Crippen LogP contribution is 2.36. The molecule has 0 unspecified atom stereocenters. The van der Waals surface area contributed by atoms with Gasteiger partial charge < -0.3 is 4.74 Å². The number of thioether (sulfide) groups is 1. The summed E-state index contributed by atoms with van der Waals surface area (Å²) in [7, 11) is 1.31. The molecule has 2 rings (SSSR count). The van der Waals surface area contributed by atoms with E-state index < -0.39 is 10.7 Å². The summed E-state index contributed by atoms with van der Waals surface area (Å²) in [4.78, 5) is 38.9. The maximum absolute atomic E-state index is 12.3. The van der Waals surface area contributed by atoms with Crippen molar-refractivity contribution in [2.45, 2.75) is 25.1 Å². The van der Waals surface area contributed by atoms with Gasteiger partial charge in [0.15, 0.2) is 0 Å². The van der Waals surface area contributed by atoms with E-state index in [-0.39, 0.29) is 24.4 Å². The zero-order valence-corrected chi connectivity index (χ0v) is 14.3. The third-order valence-electron chi connectivity index (χ3n) is 3.49. The van der Waals surface area contributed by atoms with Crippen molar-refractivity contribution in [3.63, 3.8) is 0 Å². The van der Waals surface area contributed by atoms with Crippen LogP contribution in [0.1, 0.15) is 19.4 Å². The van der Waals surface area contributed by atoms with E-state index in [1.54, 1.807) is 18.7 Å². The molecule has 0 atom stereocenters. The van der Waals surface area contributed by atoms with Crippen LogP contribution in [0, 0.1) is 0 Å². The monoisotopic (exact) mass is 336 g/mol. The van der Waals surface area contributed by atoms with Crippen LogP contribution in [0.15, 0.2) is 30.3 Å². The molecule has 0 radical (unpaired) electrons. The third kappa shape index (κ3) is 4.33. The Morgan fingerprint density at radius 2 is 1.91 bits per heavy atom. The van der Waals surface area contributed by atoms with Crippen LogP contribution in [0.5, 0.6) is 0 Å². The van der Waals surface area contributed by atoms with E-state index in [9.17, 15) is 14.4 Å². The predicted molar refractivity (Wildman–Crippen MR) is 87.6 cm³/mol. The van der Waals surface area contributed by atoms with E-state index in [4.69, 9.17) is 4.74 Å². The summed E-state index contributed by atoms with van der Waals surface area (Å²) in [6.07, 6.45) is 0. The van der Waals surface area contributed by atoms with Gasteiger partial charge in [0, 0.05) is 6.54 Å². The van der Waals surface area contributed by atoms with Gasteiger partial charge in [-0.15, -0.1) is 0 Å². The number of rotatable bonds is 6. The number of hydrogen-bond acceptors (Lipinski definition) is 6. The van der Waals surface area contributed by atoms with Crippen molar-refractivity contribution in [3.05, 3.63) is 35.9 Å². The second-order valence-electron chi connectivity index (χ2n) is 5.80. The summed E-state index contributed by atoms with van der Waals surface area (Å²) in [6, 6.07) is 9.56. The fourth-order valence-electron chi connectivity index (χ4n) is 2.29. The minimum absolute atomic E-state index is 0.00749. The molecule has 1 saturated heterocycles. The molecular weight excluding hydrogens is 316 g/mol. The van der Waals surface area contributed by atoms with Crippen LogP contribution in [0.3, 0.4) is 0 Å². The molecule has 0 saturated carbocycles. The predicted octanol–water partition coefficient (Wildman–Crippen LogP) is 2.09. The minimum atomic E-state index is -0.763. The summed E-state index contributed by atoms with van der Waals surface area (Å²) >= 11 is 1.01. The van der Waals surface area contributed by atoms with Gasteiger partial charge in [0.25, 0.3) is 5.24 Å². The first-order valence-electron chi connectivity index (χ1n) is 7.21. The summed E-state index contributed by atoms with van der Waals surface area (Å²) in [6.45, 7) is 3.96. The Balaban J connectivity index is 2.12. The normalized spacial score (nSPS) is 17.0. The van der Waals surface area contributed by atoms with Crippen molar-refractivity contribution in [2.75, 3.05) is 20.3 Å². The summed E-state index contributed by atoms with van der Waals surface area (Å²) < 4.78 is 3.94. The molecule has 7 heteroatoms. The third-order valence-corrected chi connectivity index (χ3v) is 4.57. The van der Waals surface area contributed by atoms with Crippen LogP contribution >= 0.6 is 11.8 Å². The molecule has 1 aliphatic heterocycles. The number of hydrogen-bond donors (Lipinski definition) is 0. The van der Waals surface area contributed by atoms with E-state index >= 15 is 0 Å². The first kappa shape index (κ1) is 17.5. The maximum Gasteiger partial charge on any atom is 0.319 e. The summed E-state index contributed by atoms with van der Waals surface area (Å²) in [5.74, 6) is -0.651. The number of nitrogens with zero attached hydrogens (tertiary/aromatic N) is 2. The smallest absolute Gasteiger partial charge is 0.319 e. The Bertz CT molecular complexity index is 603. The van der Waals surface area contributed by atoms with Crippen LogP contribution in [-0.2, 0) is 20.9 Å². The molecular formula is C16H20N2O4S. The van der Waals surface area contributed by atoms with Gasteiger partial charge in [0.05, 0.1) is 25.1 Å². The molecule has 6 nitrogen and oxygen atoms in total. The van der Waals surface area contributed by atoms with Gasteiger partial charge in [0.2, 0.25) is 5.91 Å². The average molecular weight is 336 g/mol. The van der Waals surface area contributed by atoms with Gasteiger partial charge >= 0.3 is 5.97 Å². The van der Waals surface area contributed by atoms with E-state index in [1.807, 2.05) is 30.3 Å². The second-order valence-corrected chi connectivity index (χ2v) is 7.38. The van der Waals surface area contributed by atoms with Gasteiger partial charge in [-0.1, -0.05) is 30.3 Å². The number of amides is 2. The molecule has 0 aromatic heterocycles. The number of methoxy groups -OCH3 is 1. The van der Waals surface area contributed by atoms with Crippen molar-refractivity contribution in [3.8, 4) is 0 Å². The number of carbonyl (C=O) groups excluding carboxylic acids is 3. The fourth-order valence-corrected chi connectivity index (χ4v) is 3.18. The van der Waals surface area contributed by atoms with Gasteiger partial charge in [-0.2, -0.15) is 0 Å². The summed E-state index contributed by atoms with van der Waals surface area (Å²) in [5.41, 5.74) is 0.988. The van der Waals surface area contributed by atoms with Crippen molar-refractivity contribution < 1.29 is 19.1 Å². The Hall–Kier alpha value is -1.86. The van der Waals surface area contributed by atoms with E-state index in [1.165, 1.54) is 12.0 Å². The SMILES string of the molecule is COC(=O)CN(Cc1ccccc1)CN1C(=O)SC(C)(C)C1=O. The van der Waals surface area contributed by atoms with Crippen LogP contribution in [0.25, 0.3) is 0 Å². The number of ether oxygens (including phenoxy) is 1. The second kappa shape index (κ2) is 7.14. The molecule has 1 heterocycles. The molecule has 0 N–H and O–H groups in total. The van der Waals surface area contributed by atoms with E-state index in [2.05, 4.69) is 0 Å². The van der Waals surface area contributed by atoms with Gasteiger partial charge in [-0.05, 0) is 31.2 Å². The topological polar surface area (TPSA) is 66.9 Å². The van der Waals surface area contributed by atoms with Gasteiger partial charge in [0.1, 0.15) is 0 Å². The standard InChI is InChI=1S/C16H20N2O4S/c1-16(2)14(20)18(15(21)23-16)11-17(10-13(19)22-3)9-12-7-5-4-6-8-12/h4-8H,9-11H2,1-3H3. The highest BCUT2D eigenvalue weighted by molar-refractivity contribution is 8.16. The van der Waals surface area contributed by atoms with Gasteiger partial charge in [-0.3, -0.25) is 24.2 Å². The quantitative estimate of drug-likeness (QED) is 0.741. The Morgan fingerprint density at radius 1 is 1.26 bits per heavy atom. The first-order chi connectivity index (χ1) is 10.8. The zero-order chi connectivity index (χ0) is 17.0. The highest BCUT2D eigenvalue weighted by atomic mass is 32.2. The molecule has 0 bridgehead atoms. The molecule has 2 amide bonds. The molecule has 23 heavy (non-hydrogen) atoms. The minimum Gasteiger partial charge on any atom is -0.468 e. The van der Waals surface area contributed by atoms with Crippen LogP contribution in [0.4, 0.5) is 4.79 Å². The Morgan fingerprint density at radius 3 is 2.43 bits per heavy atom. The maximum atomic E-state index is 12.3. The average Bonchev–Trinajstić information content (AvgIpc) is 2.70. The first-order valence-corrected chi connectivity index (χ1v) is 8.03. The lowest BCUT2D eigenvalue weighted by atomic mass is 10.2. The van der Waals surface area contributed by atoms with E-state index in [0.29, 0.717) is 6.54 Å². The summed E-state index contributed by atoms with van der Waals surface area (Å²) in [5, 5.41) is -0.289. The molecule has 124 valence electrons. The molecule has 1 aliphatic rings. The zero-order valence-electron chi connectivity index (χ0n) is 13.4. The molecule has 1 aromatic carbocycles. The number of imide groups is 1. The number of carbonyl (C=O) groups is 3. The van der Waals surface area contributed by atoms with Crippen molar-refractivity contribution in [2.24, 2.45) is 0 Å². The van der Waals surface area contributed by atoms with E-state index in [0.717, 1.165) is 17.3 Å². The fraction of sp³-hybridized carbons (Fsp3) is 0.438. The van der Waals surface area contributed by atoms with Crippen LogP contribution in [0.2, 0.25) is 0 Å². The number of esters is 1. The van der Waals surface area contributed by atoms with Crippen LogP contribution < -0.4 is 0 Å². The Kier molecular flexibility index (Phi) is 5.43. The lowest BCUT2D eigenvalue weighted by Gasteiger charge is -2.26. The largest absolute Gasteiger partial charge is 0.468 e. The Labute approximate surface area is 139 Å². The molecule has 1 aromatic rings. The molecule has 1 fully saturated rings. The highest BCUT2D eigenvalue weighted by Gasteiger charge is 2.46. The molecule has 0 aliphatic carbocycles. The van der Waals surface area contributed by atoms with Crippen molar-refractivity contribution in [1.29, 1.82) is 0 Å².